The molecule has 1 aromatic heterocycles. The van der Waals surface area contributed by atoms with Crippen molar-refractivity contribution < 1.29 is 9.53 Å². The second-order valence-corrected chi connectivity index (χ2v) is 5.07. The SMILES string of the molecule is CCOC(C(=O)c1cnnn1CC)C1CCCCC1. The lowest BCUT2D eigenvalue weighted by molar-refractivity contribution is 0.0119. The van der Waals surface area contributed by atoms with Crippen molar-refractivity contribution in [3.8, 4) is 0 Å². The van der Waals surface area contributed by atoms with Crippen molar-refractivity contribution in [3.63, 3.8) is 0 Å². The number of aromatic nitrogens is 3. The van der Waals surface area contributed by atoms with Crippen LogP contribution in [0.5, 0.6) is 0 Å². The van der Waals surface area contributed by atoms with Crippen LogP contribution in [0.3, 0.4) is 0 Å². The average Bonchev–Trinajstić information content (AvgIpc) is 2.93. The number of carbonyl (C=O) groups is 1. The Labute approximate surface area is 114 Å². The van der Waals surface area contributed by atoms with Gasteiger partial charge in [-0.2, -0.15) is 0 Å². The zero-order valence-corrected chi connectivity index (χ0v) is 11.8. The Morgan fingerprint density at radius 1 is 1.42 bits per heavy atom. The molecular formula is C14H23N3O2. The molecule has 1 aliphatic rings. The lowest BCUT2D eigenvalue weighted by Gasteiger charge is -2.28. The first-order valence-corrected chi connectivity index (χ1v) is 7.32. The number of Topliss-reactive ketones (excluding diaryl/α,β-unsaturated/α-hetero) is 1. The van der Waals surface area contributed by atoms with Gasteiger partial charge in [0.25, 0.3) is 0 Å². The normalized spacial score (nSPS) is 18.4. The van der Waals surface area contributed by atoms with E-state index in [0.29, 0.717) is 24.8 Å². The maximum Gasteiger partial charge on any atom is 0.211 e. The first-order chi connectivity index (χ1) is 9.27. The molecule has 1 aromatic rings. The number of rotatable bonds is 6. The zero-order valence-electron chi connectivity index (χ0n) is 11.8. The first kappa shape index (κ1) is 14.2. The molecule has 0 radical (unpaired) electrons. The summed E-state index contributed by atoms with van der Waals surface area (Å²) < 4.78 is 7.40. The number of ketones is 1. The second kappa shape index (κ2) is 6.80. The maximum absolute atomic E-state index is 12.6. The summed E-state index contributed by atoms with van der Waals surface area (Å²) in [6.07, 6.45) is 7.08. The van der Waals surface area contributed by atoms with Crippen molar-refractivity contribution in [2.24, 2.45) is 5.92 Å². The molecule has 1 atom stereocenters. The summed E-state index contributed by atoms with van der Waals surface area (Å²) in [6, 6.07) is 0. The van der Waals surface area contributed by atoms with Crippen molar-refractivity contribution >= 4 is 5.78 Å². The smallest absolute Gasteiger partial charge is 0.211 e. The predicted molar refractivity (Wildman–Crippen MR) is 72.0 cm³/mol. The van der Waals surface area contributed by atoms with E-state index in [1.54, 1.807) is 10.9 Å². The van der Waals surface area contributed by atoms with Crippen LogP contribution in [0.4, 0.5) is 0 Å². The summed E-state index contributed by atoms with van der Waals surface area (Å²) in [5.41, 5.74) is 0.575. The fraction of sp³-hybridized carbons (Fsp3) is 0.786. The van der Waals surface area contributed by atoms with E-state index in [2.05, 4.69) is 10.3 Å². The highest BCUT2D eigenvalue weighted by atomic mass is 16.5. The number of ether oxygens (including phenoxy) is 1. The molecular weight excluding hydrogens is 242 g/mol. The van der Waals surface area contributed by atoms with Gasteiger partial charge in [-0.25, -0.2) is 4.68 Å². The topological polar surface area (TPSA) is 57.0 Å². The summed E-state index contributed by atoms with van der Waals surface area (Å²) in [5.74, 6) is 0.391. The van der Waals surface area contributed by atoms with Gasteiger partial charge in [-0.15, -0.1) is 5.10 Å². The van der Waals surface area contributed by atoms with Gasteiger partial charge in [0, 0.05) is 13.2 Å². The fourth-order valence-electron chi connectivity index (χ4n) is 2.87. The second-order valence-electron chi connectivity index (χ2n) is 5.07. The molecule has 1 unspecified atom stereocenters. The van der Waals surface area contributed by atoms with Gasteiger partial charge in [-0.3, -0.25) is 4.79 Å². The van der Waals surface area contributed by atoms with Gasteiger partial charge in [0.05, 0.1) is 6.20 Å². The minimum absolute atomic E-state index is 0.0422. The van der Waals surface area contributed by atoms with Crippen molar-refractivity contribution in [1.82, 2.24) is 15.0 Å². The Balaban J connectivity index is 2.15. The molecule has 2 rings (SSSR count). The van der Waals surface area contributed by atoms with Crippen LogP contribution in [0.1, 0.15) is 56.4 Å². The van der Waals surface area contributed by atoms with Crippen molar-refractivity contribution in [2.45, 2.75) is 58.6 Å². The van der Waals surface area contributed by atoms with E-state index in [4.69, 9.17) is 4.74 Å². The molecule has 0 amide bonds. The number of hydrogen-bond acceptors (Lipinski definition) is 4. The summed E-state index contributed by atoms with van der Waals surface area (Å²) in [5, 5.41) is 7.77. The molecule has 0 saturated heterocycles. The van der Waals surface area contributed by atoms with Crippen LogP contribution >= 0.6 is 0 Å². The van der Waals surface area contributed by atoms with E-state index in [9.17, 15) is 4.79 Å². The van der Waals surface area contributed by atoms with Crippen LogP contribution in [-0.4, -0.2) is 33.5 Å². The largest absolute Gasteiger partial charge is 0.370 e. The zero-order chi connectivity index (χ0) is 13.7. The molecule has 0 bridgehead atoms. The Morgan fingerprint density at radius 3 is 2.79 bits per heavy atom. The number of aryl methyl sites for hydroxylation is 1. The highest BCUT2D eigenvalue weighted by Crippen LogP contribution is 2.29. The lowest BCUT2D eigenvalue weighted by Crippen LogP contribution is -2.35. The molecule has 5 nitrogen and oxygen atoms in total. The van der Waals surface area contributed by atoms with Gasteiger partial charge in [-0.1, -0.05) is 24.5 Å². The molecule has 0 spiro atoms. The van der Waals surface area contributed by atoms with E-state index in [0.717, 1.165) is 12.8 Å². The maximum atomic E-state index is 12.6. The highest BCUT2D eigenvalue weighted by Gasteiger charge is 2.32. The van der Waals surface area contributed by atoms with Gasteiger partial charge < -0.3 is 4.74 Å². The summed E-state index contributed by atoms with van der Waals surface area (Å²) >= 11 is 0. The van der Waals surface area contributed by atoms with E-state index >= 15 is 0 Å². The Morgan fingerprint density at radius 2 is 2.16 bits per heavy atom. The van der Waals surface area contributed by atoms with Crippen LogP contribution in [-0.2, 0) is 11.3 Å². The van der Waals surface area contributed by atoms with Gasteiger partial charge in [0.2, 0.25) is 5.78 Å². The molecule has 1 saturated carbocycles. The Hall–Kier alpha value is -1.23. The van der Waals surface area contributed by atoms with Crippen LogP contribution in [0, 0.1) is 5.92 Å². The molecule has 1 fully saturated rings. The third-order valence-electron chi connectivity index (χ3n) is 3.85. The average molecular weight is 265 g/mol. The van der Waals surface area contributed by atoms with E-state index in [1.807, 2.05) is 13.8 Å². The van der Waals surface area contributed by atoms with Gasteiger partial charge in [0.15, 0.2) is 0 Å². The van der Waals surface area contributed by atoms with Gasteiger partial charge in [0.1, 0.15) is 11.8 Å². The molecule has 1 aliphatic carbocycles. The molecule has 0 aromatic carbocycles. The molecule has 1 heterocycles. The first-order valence-electron chi connectivity index (χ1n) is 7.32. The molecule has 106 valence electrons. The number of nitrogens with zero attached hydrogens (tertiary/aromatic N) is 3. The predicted octanol–water partition coefficient (Wildman–Crippen LogP) is 2.47. The third kappa shape index (κ3) is 3.21. The number of hydrogen-bond donors (Lipinski definition) is 0. The standard InChI is InChI=1S/C14H23N3O2/c1-3-17-12(10-15-16-17)13(18)14(19-4-2)11-8-6-5-7-9-11/h10-11,14H,3-9H2,1-2H3. The van der Waals surface area contributed by atoms with Crippen LogP contribution in [0.25, 0.3) is 0 Å². The minimum Gasteiger partial charge on any atom is -0.370 e. The summed E-state index contributed by atoms with van der Waals surface area (Å²) in [4.78, 5) is 12.6. The van der Waals surface area contributed by atoms with E-state index in [-0.39, 0.29) is 11.9 Å². The molecule has 0 aliphatic heterocycles. The van der Waals surface area contributed by atoms with Crippen molar-refractivity contribution in [2.75, 3.05) is 6.61 Å². The van der Waals surface area contributed by atoms with Crippen molar-refractivity contribution in [1.29, 1.82) is 0 Å². The molecule has 0 N–H and O–H groups in total. The highest BCUT2D eigenvalue weighted by molar-refractivity contribution is 5.98. The van der Waals surface area contributed by atoms with E-state index in [1.165, 1.54) is 19.3 Å². The van der Waals surface area contributed by atoms with Crippen LogP contribution in [0.2, 0.25) is 0 Å². The summed E-state index contributed by atoms with van der Waals surface area (Å²) in [6.45, 7) is 5.13. The van der Waals surface area contributed by atoms with Gasteiger partial charge in [-0.05, 0) is 32.6 Å². The van der Waals surface area contributed by atoms with E-state index < -0.39 is 0 Å². The lowest BCUT2D eigenvalue weighted by atomic mass is 9.83. The molecule has 19 heavy (non-hydrogen) atoms. The fourth-order valence-corrected chi connectivity index (χ4v) is 2.87. The third-order valence-corrected chi connectivity index (χ3v) is 3.85. The monoisotopic (exact) mass is 265 g/mol. The van der Waals surface area contributed by atoms with Crippen LogP contribution < -0.4 is 0 Å². The summed E-state index contributed by atoms with van der Waals surface area (Å²) in [7, 11) is 0. The quantitative estimate of drug-likeness (QED) is 0.741. The van der Waals surface area contributed by atoms with Gasteiger partial charge >= 0.3 is 0 Å². The molecule has 5 heteroatoms. The Kier molecular flexibility index (Phi) is 5.07. The van der Waals surface area contributed by atoms with Crippen molar-refractivity contribution in [3.05, 3.63) is 11.9 Å². The Bertz CT molecular complexity index is 411. The number of carbonyl (C=O) groups excluding carboxylic acids is 1. The minimum atomic E-state index is -0.325. The van der Waals surface area contributed by atoms with Crippen LogP contribution in [0.15, 0.2) is 6.20 Å².